The number of nitrogens with zero attached hydrogens (tertiary/aromatic N) is 1. The van der Waals surface area contributed by atoms with Crippen molar-refractivity contribution < 1.29 is 14.0 Å². The molecule has 1 saturated carbocycles. The molecule has 0 aromatic heterocycles. The van der Waals surface area contributed by atoms with Crippen LogP contribution in [-0.2, 0) is 4.79 Å². The van der Waals surface area contributed by atoms with E-state index >= 15 is 0 Å². The number of carbonyl (C=O) groups excluding carboxylic acids is 2. The Kier molecular flexibility index (Phi) is 7.02. The molecule has 3 fully saturated rings. The van der Waals surface area contributed by atoms with Crippen molar-refractivity contribution in [2.24, 2.45) is 11.3 Å². The molecule has 170 valence electrons. The molecule has 1 aromatic rings. The van der Waals surface area contributed by atoms with Gasteiger partial charge in [0.1, 0.15) is 5.82 Å². The number of fused-ring (bicyclic) bond motifs is 2. The van der Waals surface area contributed by atoms with E-state index in [-0.39, 0.29) is 16.7 Å². The number of carbonyl (C=O) groups is 2. The number of ketones is 1. The van der Waals surface area contributed by atoms with E-state index in [0.717, 1.165) is 38.6 Å². The van der Waals surface area contributed by atoms with Gasteiger partial charge in [-0.25, -0.2) is 4.39 Å². The SMILES string of the molecule is CC1(CNC(=O)CN2[C@@H]3CC[C@H]2C[C@H](CCCCC(=O)c2cc(F)cc(Cl)c2)C3)CC1. The Bertz CT molecular complexity index is 791. The number of nitrogens with one attached hydrogen (secondary N) is 1. The minimum atomic E-state index is -0.464. The molecule has 4 nitrogen and oxygen atoms in total. The van der Waals surface area contributed by atoms with Crippen molar-refractivity contribution in [1.29, 1.82) is 0 Å². The van der Waals surface area contributed by atoms with Crippen LogP contribution in [0.2, 0.25) is 5.02 Å². The average molecular weight is 449 g/mol. The number of hydrogen-bond acceptors (Lipinski definition) is 3. The molecule has 1 aliphatic carbocycles. The van der Waals surface area contributed by atoms with Crippen LogP contribution in [0.4, 0.5) is 4.39 Å². The molecule has 2 aliphatic heterocycles. The van der Waals surface area contributed by atoms with E-state index in [1.807, 2.05) is 0 Å². The fourth-order valence-corrected chi connectivity index (χ4v) is 5.60. The summed E-state index contributed by atoms with van der Waals surface area (Å²) in [5.74, 6) is 0.358. The summed E-state index contributed by atoms with van der Waals surface area (Å²) in [6.45, 7) is 3.60. The third-order valence-electron chi connectivity index (χ3n) is 7.57. The number of hydrogen-bond donors (Lipinski definition) is 1. The molecule has 3 atom stereocenters. The molecule has 1 amide bonds. The van der Waals surface area contributed by atoms with Gasteiger partial charge in [-0.3, -0.25) is 14.5 Å². The van der Waals surface area contributed by atoms with Crippen LogP contribution in [0.25, 0.3) is 0 Å². The van der Waals surface area contributed by atoms with Gasteiger partial charge in [0, 0.05) is 35.6 Å². The molecule has 31 heavy (non-hydrogen) atoms. The van der Waals surface area contributed by atoms with E-state index in [9.17, 15) is 14.0 Å². The van der Waals surface area contributed by atoms with Crippen LogP contribution in [-0.4, -0.2) is 41.8 Å². The fourth-order valence-electron chi connectivity index (χ4n) is 5.38. The lowest BCUT2D eigenvalue weighted by atomic mass is 9.86. The molecule has 2 saturated heterocycles. The van der Waals surface area contributed by atoms with Crippen LogP contribution in [0.5, 0.6) is 0 Å². The summed E-state index contributed by atoms with van der Waals surface area (Å²) in [4.78, 5) is 27.2. The Labute approximate surface area is 189 Å². The average Bonchev–Trinajstić information content (AvgIpc) is 3.41. The molecule has 2 bridgehead atoms. The summed E-state index contributed by atoms with van der Waals surface area (Å²) in [5, 5.41) is 3.41. The van der Waals surface area contributed by atoms with Crippen molar-refractivity contribution in [1.82, 2.24) is 10.2 Å². The van der Waals surface area contributed by atoms with Gasteiger partial charge in [-0.2, -0.15) is 0 Å². The molecule has 0 unspecified atom stereocenters. The molecule has 3 aliphatic rings. The lowest BCUT2D eigenvalue weighted by Crippen LogP contribution is -2.48. The van der Waals surface area contributed by atoms with Gasteiger partial charge in [0.15, 0.2) is 5.78 Å². The zero-order chi connectivity index (χ0) is 22.0. The number of amides is 1. The van der Waals surface area contributed by atoms with Crippen molar-refractivity contribution >= 4 is 23.3 Å². The number of rotatable bonds is 10. The van der Waals surface area contributed by atoms with Gasteiger partial charge in [-0.1, -0.05) is 31.4 Å². The number of unbranched alkanes of at least 4 members (excludes halogenated alkanes) is 1. The highest BCUT2D eigenvalue weighted by molar-refractivity contribution is 6.31. The predicted octanol–water partition coefficient (Wildman–Crippen LogP) is 5.38. The number of halogens is 2. The van der Waals surface area contributed by atoms with Gasteiger partial charge in [0.2, 0.25) is 5.91 Å². The first-order chi connectivity index (χ1) is 14.8. The normalized spacial score (nSPS) is 26.6. The van der Waals surface area contributed by atoms with Crippen LogP contribution in [0.3, 0.4) is 0 Å². The Balaban J connectivity index is 1.16. The maximum absolute atomic E-state index is 13.4. The minimum Gasteiger partial charge on any atom is -0.354 e. The van der Waals surface area contributed by atoms with E-state index in [2.05, 4.69) is 17.1 Å². The Hall–Kier alpha value is -1.46. The van der Waals surface area contributed by atoms with E-state index in [1.54, 1.807) is 6.07 Å². The molecule has 1 N–H and O–H groups in total. The quantitative estimate of drug-likeness (QED) is 0.386. The highest BCUT2D eigenvalue weighted by atomic mass is 35.5. The zero-order valence-electron chi connectivity index (χ0n) is 18.5. The summed E-state index contributed by atoms with van der Waals surface area (Å²) in [6.07, 6.45) is 10.6. The maximum Gasteiger partial charge on any atom is 0.234 e. The van der Waals surface area contributed by atoms with Gasteiger partial charge in [0.25, 0.3) is 0 Å². The number of piperidine rings is 1. The second-order valence-electron chi connectivity index (χ2n) is 10.3. The molecule has 2 heterocycles. The van der Waals surface area contributed by atoms with Crippen molar-refractivity contribution in [2.75, 3.05) is 13.1 Å². The molecule has 1 aromatic carbocycles. The first-order valence-corrected chi connectivity index (χ1v) is 12.2. The Morgan fingerprint density at radius 3 is 2.52 bits per heavy atom. The van der Waals surface area contributed by atoms with Crippen molar-refractivity contribution in [3.05, 3.63) is 34.6 Å². The van der Waals surface area contributed by atoms with Crippen molar-refractivity contribution in [3.8, 4) is 0 Å². The first kappa shape index (κ1) is 22.7. The van der Waals surface area contributed by atoms with E-state index < -0.39 is 5.82 Å². The van der Waals surface area contributed by atoms with Crippen molar-refractivity contribution in [2.45, 2.75) is 83.2 Å². The molecule has 0 radical (unpaired) electrons. The van der Waals surface area contributed by atoms with E-state index in [4.69, 9.17) is 11.6 Å². The van der Waals surface area contributed by atoms with E-state index in [0.29, 0.717) is 41.9 Å². The topological polar surface area (TPSA) is 49.4 Å². The van der Waals surface area contributed by atoms with Crippen LogP contribution in [0.15, 0.2) is 18.2 Å². The highest BCUT2D eigenvalue weighted by Crippen LogP contribution is 2.44. The molecule has 4 rings (SSSR count). The summed E-state index contributed by atoms with van der Waals surface area (Å²) >= 11 is 5.85. The lowest BCUT2D eigenvalue weighted by Gasteiger charge is -2.38. The third kappa shape index (κ3) is 6.07. The Morgan fingerprint density at radius 1 is 1.16 bits per heavy atom. The standard InChI is InChI=1S/C25H34ClFN2O2/c1-25(8-9-25)16-28-24(31)15-29-21-6-7-22(29)11-17(10-21)4-2-3-5-23(30)18-12-19(26)14-20(27)13-18/h12-14,17,21-22H,2-11,15-16H2,1H3,(H,28,31)/t17-,21-,22+. The summed E-state index contributed by atoms with van der Waals surface area (Å²) in [7, 11) is 0. The molecule has 0 spiro atoms. The maximum atomic E-state index is 13.4. The molecular formula is C25H34ClFN2O2. The summed E-state index contributed by atoms with van der Waals surface area (Å²) in [5.41, 5.74) is 0.717. The third-order valence-corrected chi connectivity index (χ3v) is 7.79. The van der Waals surface area contributed by atoms with Crippen LogP contribution in [0, 0.1) is 17.2 Å². The van der Waals surface area contributed by atoms with E-state index in [1.165, 1.54) is 37.8 Å². The van der Waals surface area contributed by atoms with Gasteiger partial charge >= 0.3 is 0 Å². The largest absolute Gasteiger partial charge is 0.354 e. The van der Waals surface area contributed by atoms with Crippen LogP contribution >= 0.6 is 11.6 Å². The monoisotopic (exact) mass is 448 g/mol. The minimum absolute atomic E-state index is 0.0395. The first-order valence-electron chi connectivity index (χ1n) is 11.8. The highest BCUT2D eigenvalue weighted by Gasteiger charge is 2.41. The lowest BCUT2D eigenvalue weighted by molar-refractivity contribution is -0.123. The van der Waals surface area contributed by atoms with Crippen LogP contribution < -0.4 is 5.32 Å². The number of Topliss-reactive ketones (excluding diaryl/α,β-unsaturated/α-hetero) is 1. The fraction of sp³-hybridized carbons (Fsp3) is 0.680. The zero-order valence-corrected chi connectivity index (χ0v) is 19.2. The summed E-state index contributed by atoms with van der Waals surface area (Å²) < 4.78 is 13.4. The molecular weight excluding hydrogens is 415 g/mol. The van der Waals surface area contributed by atoms with Crippen molar-refractivity contribution in [3.63, 3.8) is 0 Å². The van der Waals surface area contributed by atoms with Gasteiger partial charge in [0.05, 0.1) is 6.54 Å². The number of benzene rings is 1. The smallest absolute Gasteiger partial charge is 0.234 e. The molecule has 6 heteroatoms. The van der Waals surface area contributed by atoms with Crippen LogP contribution in [0.1, 0.15) is 81.5 Å². The van der Waals surface area contributed by atoms with Gasteiger partial charge < -0.3 is 5.32 Å². The van der Waals surface area contributed by atoms with Gasteiger partial charge in [-0.15, -0.1) is 0 Å². The Morgan fingerprint density at radius 2 is 1.87 bits per heavy atom. The predicted molar refractivity (Wildman–Crippen MR) is 121 cm³/mol. The van der Waals surface area contributed by atoms with Gasteiger partial charge in [-0.05, 0) is 74.5 Å². The second kappa shape index (κ2) is 9.58. The second-order valence-corrected chi connectivity index (χ2v) is 10.7. The summed E-state index contributed by atoms with van der Waals surface area (Å²) in [6, 6.07) is 5.09.